The van der Waals surface area contributed by atoms with E-state index in [-0.39, 0.29) is 0 Å². The zero-order chi connectivity index (χ0) is 8.81. The molecule has 0 saturated carbocycles. The predicted molar refractivity (Wildman–Crippen MR) is 53.1 cm³/mol. The molecular weight excluding hydrogens is 194 g/mol. The van der Waals surface area contributed by atoms with Gasteiger partial charge in [-0.3, -0.25) is 0 Å². The standard InChI is InChI=1S/C8H10ClNOS/c1-12-6-5-11-8-4-2-3-7(9)10-8/h2-4H,5-6H2,1H3. The minimum atomic E-state index is 0.469. The summed E-state index contributed by atoms with van der Waals surface area (Å²) in [4.78, 5) is 3.98. The molecule has 0 spiro atoms. The molecule has 0 radical (unpaired) electrons. The van der Waals surface area contributed by atoms with Crippen LogP contribution in [0.4, 0.5) is 0 Å². The number of pyridine rings is 1. The van der Waals surface area contributed by atoms with Crippen LogP contribution >= 0.6 is 23.4 Å². The Balaban J connectivity index is 2.41. The van der Waals surface area contributed by atoms with E-state index in [1.54, 1.807) is 23.9 Å². The smallest absolute Gasteiger partial charge is 0.214 e. The quantitative estimate of drug-likeness (QED) is 0.555. The molecule has 0 saturated heterocycles. The van der Waals surface area contributed by atoms with Crippen molar-refractivity contribution < 1.29 is 4.74 Å². The van der Waals surface area contributed by atoms with Crippen molar-refractivity contribution in [3.8, 4) is 5.88 Å². The molecule has 1 rings (SSSR count). The third-order valence-corrected chi connectivity index (χ3v) is 2.01. The summed E-state index contributed by atoms with van der Waals surface area (Å²) in [5.74, 6) is 1.56. The fourth-order valence-corrected chi connectivity index (χ4v) is 1.11. The van der Waals surface area contributed by atoms with E-state index in [9.17, 15) is 0 Å². The van der Waals surface area contributed by atoms with Gasteiger partial charge in [0.1, 0.15) is 5.15 Å². The molecule has 4 heteroatoms. The highest BCUT2D eigenvalue weighted by Crippen LogP contribution is 2.11. The molecule has 1 aromatic heterocycles. The number of nitrogens with zero attached hydrogens (tertiary/aromatic N) is 1. The second-order valence-corrected chi connectivity index (χ2v) is 3.51. The van der Waals surface area contributed by atoms with Crippen molar-refractivity contribution in [3.05, 3.63) is 23.4 Å². The van der Waals surface area contributed by atoms with Gasteiger partial charge in [-0.25, -0.2) is 4.98 Å². The van der Waals surface area contributed by atoms with Crippen LogP contribution in [0, 0.1) is 0 Å². The first-order chi connectivity index (χ1) is 5.83. The van der Waals surface area contributed by atoms with Crippen LogP contribution in [-0.2, 0) is 0 Å². The number of halogens is 1. The van der Waals surface area contributed by atoms with E-state index in [0.717, 1.165) is 5.75 Å². The maximum atomic E-state index is 5.66. The van der Waals surface area contributed by atoms with Gasteiger partial charge < -0.3 is 4.74 Å². The molecule has 1 aromatic rings. The van der Waals surface area contributed by atoms with Gasteiger partial charge in [0.2, 0.25) is 5.88 Å². The van der Waals surface area contributed by atoms with E-state index >= 15 is 0 Å². The zero-order valence-corrected chi connectivity index (χ0v) is 8.36. The Hall–Kier alpha value is -0.410. The molecule has 12 heavy (non-hydrogen) atoms. The molecule has 0 aliphatic heterocycles. The molecule has 66 valence electrons. The van der Waals surface area contributed by atoms with Gasteiger partial charge in [-0.15, -0.1) is 0 Å². The van der Waals surface area contributed by atoms with Crippen molar-refractivity contribution in [1.82, 2.24) is 4.98 Å². The van der Waals surface area contributed by atoms with Gasteiger partial charge in [0.05, 0.1) is 6.61 Å². The fraction of sp³-hybridized carbons (Fsp3) is 0.375. The summed E-state index contributed by atoms with van der Waals surface area (Å²) in [7, 11) is 0. The maximum absolute atomic E-state index is 5.66. The van der Waals surface area contributed by atoms with Gasteiger partial charge >= 0.3 is 0 Å². The van der Waals surface area contributed by atoms with Crippen molar-refractivity contribution >= 4 is 23.4 Å². The molecule has 1 heterocycles. The normalized spacial score (nSPS) is 9.83. The number of aromatic nitrogens is 1. The molecule has 2 nitrogen and oxygen atoms in total. The van der Waals surface area contributed by atoms with Crippen molar-refractivity contribution in [2.24, 2.45) is 0 Å². The van der Waals surface area contributed by atoms with Crippen LogP contribution in [0.25, 0.3) is 0 Å². The minimum absolute atomic E-state index is 0.469. The van der Waals surface area contributed by atoms with Crippen molar-refractivity contribution in [3.63, 3.8) is 0 Å². The summed E-state index contributed by atoms with van der Waals surface area (Å²) in [6.45, 7) is 0.675. The van der Waals surface area contributed by atoms with Crippen LogP contribution in [0.2, 0.25) is 5.15 Å². The number of thioether (sulfide) groups is 1. The summed E-state index contributed by atoms with van der Waals surface area (Å²) in [5, 5.41) is 0.469. The summed E-state index contributed by atoms with van der Waals surface area (Å²) in [6, 6.07) is 5.35. The average molecular weight is 204 g/mol. The van der Waals surface area contributed by atoms with Crippen LogP contribution in [0.1, 0.15) is 0 Å². The highest BCUT2D eigenvalue weighted by Gasteiger charge is 1.94. The molecule has 0 amide bonds. The largest absolute Gasteiger partial charge is 0.477 e. The Labute approximate surface area is 81.3 Å². The van der Waals surface area contributed by atoms with Crippen LogP contribution in [-0.4, -0.2) is 23.6 Å². The molecule has 0 fully saturated rings. The summed E-state index contributed by atoms with van der Waals surface area (Å²) in [5.41, 5.74) is 0. The van der Waals surface area contributed by atoms with Gasteiger partial charge in [-0.2, -0.15) is 11.8 Å². The molecule has 0 aliphatic rings. The summed E-state index contributed by atoms with van der Waals surface area (Å²) < 4.78 is 5.31. The first kappa shape index (κ1) is 9.68. The highest BCUT2D eigenvalue weighted by molar-refractivity contribution is 7.98. The Kier molecular flexibility index (Phi) is 4.25. The zero-order valence-electron chi connectivity index (χ0n) is 6.79. The molecule has 0 unspecified atom stereocenters. The average Bonchev–Trinajstić information content (AvgIpc) is 2.05. The van der Waals surface area contributed by atoms with Gasteiger partial charge in [-0.05, 0) is 12.3 Å². The topological polar surface area (TPSA) is 22.1 Å². The number of rotatable bonds is 4. The molecule has 0 bridgehead atoms. The van der Waals surface area contributed by atoms with Crippen LogP contribution < -0.4 is 4.74 Å². The Morgan fingerprint density at radius 3 is 3.08 bits per heavy atom. The number of hydrogen-bond acceptors (Lipinski definition) is 3. The van der Waals surface area contributed by atoms with E-state index in [1.807, 2.05) is 12.3 Å². The van der Waals surface area contributed by atoms with E-state index in [0.29, 0.717) is 17.6 Å². The lowest BCUT2D eigenvalue weighted by atomic mass is 10.5. The number of hydrogen-bond donors (Lipinski definition) is 0. The third kappa shape index (κ3) is 3.32. The van der Waals surface area contributed by atoms with Crippen LogP contribution in [0.3, 0.4) is 0 Å². The summed E-state index contributed by atoms with van der Waals surface area (Å²) in [6.07, 6.45) is 2.04. The van der Waals surface area contributed by atoms with Gasteiger partial charge in [-0.1, -0.05) is 17.7 Å². The van der Waals surface area contributed by atoms with Gasteiger partial charge in [0, 0.05) is 11.8 Å². The third-order valence-electron chi connectivity index (χ3n) is 1.23. The first-order valence-electron chi connectivity index (χ1n) is 3.57. The van der Waals surface area contributed by atoms with Gasteiger partial charge in [0.15, 0.2) is 0 Å². The number of ether oxygens (including phenoxy) is 1. The Bertz CT molecular complexity index is 244. The van der Waals surface area contributed by atoms with Gasteiger partial charge in [0.25, 0.3) is 0 Å². The van der Waals surface area contributed by atoms with Crippen molar-refractivity contribution in [1.29, 1.82) is 0 Å². The predicted octanol–water partition coefficient (Wildman–Crippen LogP) is 2.48. The fourth-order valence-electron chi connectivity index (χ4n) is 0.700. The Morgan fingerprint density at radius 1 is 1.58 bits per heavy atom. The lowest BCUT2D eigenvalue weighted by Gasteiger charge is -2.02. The Morgan fingerprint density at radius 2 is 2.42 bits per heavy atom. The minimum Gasteiger partial charge on any atom is -0.477 e. The molecule has 0 aliphatic carbocycles. The van der Waals surface area contributed by atoms with E-state index in [4.69, 9.17) is 16.3 Å². The van der Waals surface area contributed by atoms with Crippen molar-refractivity contribution in [2.75, 3.05) is 18.6 Å². The lowest BCUT2D eigenvalue weighted by molar-refractivity contribution is 0.330. The SMILES string of the molecule is CSCCOc1cccc(Cl)n1. The molecule has 0 atom stereocenters. The summed E-state index contributed by atoms with van der Waals surface area (Å²) >= 11 is 7.40. The van der Waals surface area contributed by atoms with Crippen LogP contribution in [0.15, 0.2) is 18.2 Å². The molecule has 0 aromatic carbocycles. The van der Waals surface area contributed by atoms with E-state index in [1.165, 1.54) is 0 Å². The second kappa shape index (κ2) is 5.27. The second-order valence-electron chi connectivity index (χ2n) is 2.14. The molecular formula is C8H10ClNOS. The van der Waals surface area contributed by atoms with E-state index in [2.05, 4.69) is 4.98 Å². The first-order valence-corrected chi connectivity index (χ1v) is 5.34. The molecule has 0 N–H and O–H groups in total. The monoisotopic (exact) mass is 203 g/mol. The maximum Gasteiger partial charge on any atom is 0.214 e. The van der Waals surface area contributed by atoms with Crippen LogP contribution in [0.5, 0.6) is 5.88 Å². The van der Waals surface area contributed by atoms with E-state index < -0.39 is 0 Å². The van der Waals surface area contributed by atoms with Crippen molar-refractivity contribution in [2.45, 2.75) is 0 Å². The lowest BCUT2D eigenvalue weighted by Crippen LogP contribution is -2.00. The highest BCUT2D eigenvalue weighted by atomic mass is 35.5.